The maximum Gasteiger partial charge on any atom is 0.393 e. The predicted octanol–water partition coefficient (Wildman–Crippen LogP) is 4.62. The van der Waals surface area contributed by atoms with E-state index in [-0.39, 0.29) is 42.2 Å². The maximum absolute atomic E-state index is 14.0. The van der Waals surface area contributed by atoms with E-state index in [9.17, 15) is 26.7 Å². The first kappa shape index (κ1) is 23.2. The minimum Gasteiger partial charge on any atom is -0.369 e. The number of rotatable bonds is 5. The SMILES string of the molecule is N[C@H]1C[C@@H](C(F)(F)F)CN(c2ccncc2CC(=O)c2csc(-c3c(F)cccc3F)n2)C1. The molecule has 1 fully saturated rings. The number of benzene rings is 1. The lowest BCUT2D eigenvalue weighted by atomic mass is 9.93. The average molecular weight is 482 g/mol. The Balaban J connectivity index is 1.56. The zero-order valence-electron chi connectivity index (χ0n) is 17.1. The molecule has 1 aliphatic heterocycles. The van der Waals surface area contributed by atoms with Gasteiger partial charge in [-0.3, -0.25) is 9.78 Å². The van der Waals surface area contributed by atoms with E-state index in [0.717, 1.165) is 23.5 Å². The molecule has 2 atom stereocenters. The highest BCUT2D eigenvalue weighted by molar-refractivity contribution is 7.13. The van der Waals surface area contributed by atoms with Gasteiger partial charge in [-0.05, 0) is 24.6 Å². The lowest BCUT2D eigenvalue weighted by Gasteiger charge is -2.39. The van der Waals surface area contributed by atoms with Crippen molar-refractivity contribution in [2.45, 2.75) is 25.1 Å². The highest BCUT2D eigenvalue weighted by atomic mass is 32.1. The minimum atomic E-state index is -4.38. The summed E-state index contributed by atoms with van der Waals surface area (Å²) in [4.78, 5) is 22.5. The average Bonchev–Trinajstić information content (AvgIpc) is 3.23. The molecule has 5 nitrogen and oxygen atoms in total. The van der Waals surface area contributed by atoms with E-state index in [2.05, 4.69) is 9.97 Å². The van der Waals surface area contributed by atoms with Crippen LogP contribution >= 0.6 is 11.3 Å². The summed E-state index contributed by atoms with van der Waals surface area (Å²) >= 11 is 0.926. The van der Waals surface area contributed by atoms with Gasteiger partial charge < -0.3 is 10.6 Å². The third kappa shape index (κ3) is 5.03. The molecular formula is C22H19F5N4OS. The molecule has 0 spiro atoms. The Morgan fingerprint density at radius 1 is 1.18 bits per heavy atom. The van der Waals surface area contributed by atoms with Gasteiger partial charge in [0.15, 0.2) is 5.78 Å². The first-order valence-electron chi connectivity index (χ1n) is 10.1. The van der Waals surface area contributed by atoms with Crippen LogP contribution < -0.4 is 10.6 Å². The maximum atomic E-state index is 14.0. The van der Waals surface area contributed by atoms with Crippen molar-refractivity contribution in [3.05, 3.63) is 64.9 Å². The van der Waals surface area contributed by atoms with E-state index < -0.39 is 35.6 Å². The van der Waals surface area contributed by atoms with Crippen molar-refractivity contribution in [1.82, 2.24) is 9.97 Å². The van der Waals surface area contributed by atoms with Crippen LogP contribution in [0.4, 0.5) is 27.6 Å². The number of pyridine rings is 1. The van der Waals surface area contributed by atoms with Crippen LogP contribution in [0.3, 0.4) is 0 Å². The van der Waals surface area contributed by atoms with Gasteiger partial charge in [0.2, 0.25) is 0 Å². The molecule has 1 aromatic carbocycles. The Bertz CT molecular complexity index is 1150. The summed E-state index contributed by atoms with van der Waals surface area (Å²) in [5.74, 6) is -3.61. The molecule has 33 heavy (non-hydrogen) atoms. The Labute approximate surface area is 190 Å². The first-order chi connectivity index (χ1) is 15.6. The van der Waals surface area contributed by atoms with E-state index in [4.69, 9.17) is 5.73 Å². The molecular weight excluding hydrogens is 463 g/mol. The molecule has 11 heteroatoms. The van der Waals surface area contributed by atoms with Gasteiger partial charge in [-0.25, -0.2) is 13.8 Å². The second kappa shape index (κ2) is 9.14. The largest absolute Gasteiger partial charge is 0.393 e. The summed E-state index contributed by atoms with van der Waals surface area (Å²) in [6.45, 7) is -0.0546. The molecule has 1 saturated heterocycles. The summed E-state index contributed by atoms with van der Waals surface area (Å²) in [5, 5.41) is 1.42. The number of anilines is 1. The van der Waals surface area contributed by atoms with E-state index in [1.807, 2.05) is 0 Å². The standard InChI is InChI=1S/C22H19F5N4OS/c23-15-2-1-3-16(24)20(15)21-30-17(11-33-21)19(32)6-12-8-29-5-4-18(12)31-9-13(22(25,26)27)7-14(28)10-31/h1-5,8,11,13-14H,6-7,9-10,28H2/t13-,14+/m1/s1. The normalized spacial score (nSPS) is 19.0. The smallest absolute Gasteiger partial charge is 0.369 e. The molecule has 0 unspecified atom stereocenters. The number of nitrogens with two attached hydrogens (primary N) is 1. The number of hydrogen-bond donors (Lipinski definition) is 1. The van der Waals surface area contributed by atoms with Gasteiger partial charge >= 0.3 is 6.18 Å². The van der Waals surface area contributed by atoms with Gasteiger partial charge in [-0.15, -0.1) is 11.3 Å². The lowest BCUT2D eigenvalue weighted by molar-refractivity contribution is -0.177. The van der Waals surface area contributed by atoms with Crippen LogP contribution in [0.1, 0.15) is 22.5 Å². The van der Waals surface area contributed by atoms with Crippen LogP contribution in [0.2, 0.25) is 0 Å². The number of nitrogens with zero attached hydrogens (tertiary/aromatic N) is 3. The van der Waals surface area contributed by atoms with Crippen LogP contribution in [0.5, 0.6) is 0 Å². The summed E-state index contributed by atoms with van der Waals surface area (Å²) in [6, 6.07) is 4.31. The Morgan fingerprint density at radius 3 is 2.61 bits per heavy atom. The molecule has 174 valence electrons. The van der Waals surface area contributed by atoms with Gasteiger partial charge in [0, 0.05) is 54.6 Å². The van der Waals surface area contributed by atoms with Gasteiger partial charge in [-0.1, -0.05) is 6.07 Å². The van der Waals surface area contributed by atoms with Crippen LogP contribution in [0, 0.1) is 17.6 Å². The van der Waals surface area contributed by atoms with Crippen molar-refractivity contribution in [2.75, 3.05) is 18.0 Å². The number of alkyl halides is 3. The van der Waals surface area contributed by atoms with Gasteiger partial charge in [0.25, 0.3) is 0 Å². The van der Waals surface area contributed by atoms with Crippen LogP contribution in [-0.2, 0) is 6.42 Å². The van der Waals surface area contributed by atoms with Gasteiger partial charge in [0.05, 0.1) is 11.5 Å². The number of halogens is 5. The molecule has 0 radical (unpaired) electrons. The van der Waals surface area contributed by atoms with Crippen LogP contribution in [0.25, 0.3) is 10.6 Å². The summed E-state index contributed by atoms with van der Waals surface area (Å²) in [5.41, 5.74) is 6.44. The Morgan fingerprint density at radius 2 is 1.91 bits per heavy atom. The number of thiazole rings is 1. The Kier molecular flexibility index (Phi) is 6.44. The molecule has 0 saturated carbocycles. The number of ketones is 1. The highest BCUT2D eigenvalue weighted by Crippen LogP contribution is 2.36. The van der Waals surface area contributed by atoms with Crippen molar-refractivity contribution >= 4 is 22.8 Å². The van der Waals surface area contributed by atoms with Crippen LogP contribution in [0.15, 0.2) is 42.0 Å². The number of hydrogen-bond acceptors (Lipinski definition) is 6. The van der Waals surface area contributed by atoms with E-state index in [1.54, 1.807) is 6.07 Å². The van der Waals surface area contributed by atoms with E-state index >= 15 is 0 Å². The van der Waals surface area contributed by atoms with Crippen LogP contribution in [-0.4, -0.2) is 41.1 Å². The Hall–Kier alpha value is -2.92. The van der Waals surface area contributed by atoms with Crippen molar-refractivity contribution in [3.63, 3.8) is 0 Å². The van der Waals surface area contributed by atoms with Crippen molar-refractivity contribution in [3.8, 4) is 10.6 Å². The zero-order chi connectivity index (χ0) is 23.8. The molecule has 2 aromatic heterocycles. The second-order valence-electron chi connectivity index (χ2n) is 7.88. The zero-order valence-corrected chi connectivity index (χ0v) is 18.0. The topological polar surface area (TPSA) is 72.1 Å². The molecule has 0 amide bonds. The van der Waals surface area contributed by atoms with Gasteiger partial charge in [-0.2, -0.15) is 13.2 Å². The summed E-state index contributed by atoms with van der Waals surface area (Å²) in [6.07, 6.45) is -1.87. The van der Waals surface area contributed by atoms with E-state index in [1.165, 1.54) is 28.7 Å². The molecule has 3 aromatic rings. The number of carbonyl (C=O) groups is 1. The highest BCUT2D eigenvalue weighted by Gasteiger charge is 2.44. The number of Topliss-reactive ketones (excluding diaryl/α,β-unsaturated/α-hetero) is 1. The fourth-order valence-electron chi connectivity index (χ4n) is 3.92. The molecule has 0 aliphatic carbocycles. The number of carbonyl (C=O) groups excluding carboxylic acids is 1. The summed E-state index contributed by atoms with van der Waals surface area (Å²) in [7, 11) is 0. The molecule has 3 heterocycles. The first-order valence-corrected chi connectivity index (χ1v) is 10.9. The lowest BCUT2D eigenvalue weighted by Crippen LogP contribution is -2.51. The monoisotopic (exact) mass is 482 g/mol. The number of aromatic nitrogens is 2. The quantitative estimate of drug-likeness (QED) is 0.424. The fourth-order valence-corrected chi connectivity index (χ4v) is 4.79. The minimum absolute atomic E-state index is 0.0102. The molecule has 4 rings (SSSR count). The molecule has 2 N–H and O–H groups in total. The van der Waals surface area contributed by atoms with Gasteiger partial charge in [0.1, 0.15) is 22.3 Å². The third-order valence-corrected chi connectivity index (χ3v) is 6.34. The van der Waals surface area contributed by atoms with Crippen molar-refractivity contribution in [2.24, 2.45) is 11.7 Å². The molecule has 0 bridgehead atoms. The molecule has 1 aliphatic rings. The second-order valence-corrected chi connectivity index (χ2v) is 8.74. The van der Waals surface area contributed by atoms with E-state index in [0.29, 0.717) is 11.3 Å². The summed E-state index contributed by atoms with van der Waals surface area (Å²) < 4.78 is 68.1. The van der Waals surface area contributed by atoms with Crippen molar-refractivity contribution < 1.29 is 26.7 Å². The number of piperidine rings is 1. The predicted molar refractivity (Wildman–Crippen MR) is 114 cm³/mol. The van der Waals surface area contributed by atoms with Crippen molar-refractivity contribution in [1.29, 1.82) is 0 Å². The third-order valence-electron chi connectivity index (χ3n) is 5.48. The fraction of sp³-hybridized carbons (Fsp3) is 0.318.